The summed E-state index contributed by atoms with van der Waals surface area (Å²) < 4.78 is 10.4. The zero-order valence-electron chi connectivity index (χ0n) is 13.0. The molecular formula is C14H27N3O2S. The highest BCUT2D eigenvalue weighted by Crippen LogP contribution is 2.29. The zero-order chi connectivity index (χ0) is 15.0. The minimum absolute atomic E-state index is 0.484. The molecule has 0 aliphatic carbocycles. The van der Waals surface area contributed by atoms with Gasteiger partial charge in [-0.1, -0.05) is 13.8 Å². The lowest BCUT2D eigenvalue weighted by Crippen LogP contribution is -2.37. The maximum absolute atomic E-state index is 5.81. The van der Waals surface area contributed by atoms with Gasteiger partial charge in [0.15, 0.2) is 5.13 Å². The van der Waals surface area contributed by atoms with Crippen molar-refractivity contribution in [2.24, 2.45) is 5.73 Å². The molecular weight excluding hydrogens is 274 g/mol. The van der Waals surface area contributed by atoms with E-state index in [0.717, 1.165) is 35.1 Å². The van der Waals surface area contributed by atoms with Crippen LogP contribution in [-0.2, 0) is 22.6 Å². The Morgan fingerprint density at radius 2 is 1.95 bits per heavy atom. The third kappa shape index (κ3) is 4.41. The van der Waals surface area contributed by atoms with Gasteiger partial charge in [0, 0.05) is 38.2 Å². The summed E-state index contributed by atoms with van der Waals surface area (Å²) in [7, 11) is 3.41. The summed E-state index contributed by atoms with van der Waals surface area (Å²) >= 11 is 1.67. The number of nitrogens with two attached hydrogens (primary N) is 1. The molecule has 1 aromatic heterocycles. The third-order valence-corrected chi connectivity index (χ3v) is 4.56. The molecule has 0 aliphatic heterocycles. The second-order valence-electron chi connectivity index (χ2n) is 4.66. The fourth-order valence-electron chi connectivity index (χ4n) is 2.26. The van der Waals surface area contributed by atoms with Crippen LogP contribution in [0, 0.1) is 0 Å². The van der Waals surface area contributed by atoms with Crippen LogP contribution >= 0.6 is 11.3 Å². The predicted octanol–water partition coefficient (Wildman–Crippen LogP) is 2.39. The van der Waals surface area contributed by atoms with E-state index in [4.69, 9.17) is 20.2 Å². The van der Waals surface area contributed by atoms with Crippen LogP contribution in [0.2, 0.25) is 0 Å². The van der Waals surface area contributed by atoms with Gasteiger partial charge in [0.05, 0.1) is 18.9 Å². The Morgan fingerprint density at radius 1 is 1.25 bits per heavy atom. The van der Waals surface area contributed by atoms with Crippen molar-refractivity contribution < 1.29 is 9.47 Å². The molecule has 0 saturated heterocycles. The standard InChI is InChI=1S/C14H27N3O2S/c1-5-11(6-2)17(7-8-18-3)14-16-12(10-19-4)13(9-15)20-14/h11H,5-10,15H2,1-4H3. The molecule has 6 heteroatoms. The molecule has 0 aliphatic rings. The lowest BCUT2D eigenvalue weighted by atomic mass is 10.1. The average Bonchev–Trinajstić information content (AvgIpc) is 2.86. The van der Waals surface area contributed by atoms with E-state index >= 15 is 0 Å². The van der Waals surface area contributed by atoms with E-state index in [2.05, 4.69) is 18.7 Å². The van der Waals surface area contributed by atoms with Gasteiger partial charge in [-0.05, 0) is 12.8 Å². The van der Waals surface area contributed by atoms with Crippen LogP contribution in [0.3, 0.4) is 0 Å². The van der Waals surface area contributed by atoms with E-state index in [0.29, 0.717) is 25.8 Å². The molecule has 2 N–H and O–H groups in total. The van der Waals surface area contributed by atoms with Gasteiger partial charge in [0.1, 0.15) is 0 Å². The summed E-state index contributed by atoms with van der Waals surface area (Å²) in [6, 6.07) is 0.484. The van der Waals surface area contributed by atoms with Crippen molar-refractivity contribution in [3.8, 4) is 0 Å². The average molecular weight is 301 g/mol. The number of ether oxygens (including phenoxy) is 2. The van der Waals surface area contributed by atoms with Crippen LogP contribution in [0.4, 0.5) is 5.13 Å². The number of thiazole rings is 1. The van der Waals surface area contributed by atoms with Crippen LogP contribution < -0.4 is 10.6 Å². The Balaban J connectivity index is 2.99. The second-order valence-corrected chi connectivity index (χ2v) is 5.72. The number of rotatable bonds is 10. The Bertz CT molecular complexity index is 380. The molecule has 116 valence electrons. The minimum atomic E-state index is 0.484. The molecule has 0 spiro atoms. The van der Waals surface area contributed by atoms with Gasteiger partial charge in [-0.2, -0.15) is 0 Å². The van der Waals surface area contributed by atoms with E-state index in [1.807, 2.05) is 0 Å². The topological polar surface area (TPSA) is 60.6 Å². The van der Waals surface area contributed by atoms with Gasteiger partial charge in [-0.25, -0.2) is 4.98 Å². The third-order valence-electron chi connectivity index (χ3n) is 3.40. The van der Waals surface area contributed by atoms with Gasteiger partial charge in [-0.15, -0.1) is 11.3 Å². The van der Waals surface area contributed by atoms with Gasteiger partial charge in [0.25, 0.3) is 0 Å². The maximum atomic E-state index is 5.81. The first-order valence-corrected chi connectivity index (χ1v) is 7.96. The number of hydrogen-bond acceptors (Lipinski definition) is 6. The van der Waals surface area contributed by atoms with Crippen LogP contribution in [-0.4, -0.2) is 38.4 Å². The van der Waals surface area contributed by atoms with Crippen molar-refractivity contribution in [2.75, 3.05) is 32.3 Å². The smallest absolute Gasteiger partial charge is 0.186 e. The Morgan fingerprint density at radius 3 is 2.45 bits per heavy atom. The summed E-state index contributed by atoms with van der Waals surface area (Å²) in [5.74, 6) is 0. The summed E-state index contributed by atoms with van der Waals surface area (Å²) in [4.78, 5) is 8.17. The van der Waals surface area contributed by atoms with Gasteiger partial charge < -0.3 is 20.1 Å². The molecule has 1 rings (SSSR count). The SMILES string of the molecule is CCC(CC)N(CCOC)c1nc(COC)c(CN)s1. The molecule has 0 amide bonds. The minimum Gasteiger partial charge on any atom is -0.383 e. The maximum Gasteiger partial charge on any atom is 0.186 e. The molecule has 0 fully saturated rings. The van der Waals surface area contributed by atoms with E-state index < -0.39 is 0 Å². The second kappa shape index (κ2) is 9.28. The van der Waals surface area contributed by atoms with E-state index in [-0.39, 0.29) is 0 Å². The summed E-state index contributed by atoms with van der Waals surface area (Å²) in [6.45, 7) is 7.00. The highest BCUT2D eigenvalue weighted by molar-refractivity contribution is 7.15. The number of methoxy groups -OCH3 is 2. The van der Waals surface area contributed by atoms with Crippen molar-refractivity contribution in [2.45, 2.75) is 45.9 Å². The van der Waals surface area contributed by atoms with Crippen molar-refractivity contribution >= 4 is 16.5 Å². The lowest BCUT2D eigenvalue weighted by Gasteiger charge is -2.30. The predicted molar refractivity (Wildman–Crippen MR) is 84.3 cm³/mol. The molecule has 0 saturated carbocycles. The van der Waals surface area contributed by atoms with Crippen molar-refractivity contribution in [1.82, 2.24) is 4.98 Å². The molecule has 0 unspecified atom stereocenters. The molecule has 0 radical (unpaired) electrons. The molecule has 0 aromatic carbocycles. The summed E-state index contributed by atoms with van der Waals surface area (Å²) in [5.41, 5.74) is 6.77. The number of aromatic nitrogens is 1. The number of anilines is 1. The van der Waals surface area contributed by atoms with Gasteiger partial charge >= 0.3 is 0 Å². The molecule has 0 atom stereocenters. The van der Waals surface area contributed by atoms with Crippen LogP contribution in [0.5, 0.6) is 0 Å². The summed E-state index contributed by atoms with van der Waals surface area (Å²) in [5, 5.41) is 1.03. The van der Waals surface area contributed by atoms with Gasteiger partial charge in [0.2, 0.25) is 0 Å². The highest BCUT2D eigenvalue weighted by atomic mass is 32.1. The first-order valence-electron chi connectivity index (χ1n) is 7.14. The largest absolute Gasteiger partial charge is 0.383 e. The lowest BCUT2D eigenvalue weighted by molar-refractivity contribution is 0.181. The quantitative estimate of drug-likeness (QED) is 0.719. The molecule has 1 aromatic rings. The van der Waals surface area contributed by atoms with Gasteiger partial charge in [-0.3, -0.25) is 0 Å². The van der Waals surface area contributed by atoms with Crippen molar-refractivity contribution in [3.05, 3.63) is 10.6 Å². The van der Waals surface area contributed by atoms with Crippen LogP contribution in [0.15, 0.2) is 0 Å². The zero-order valence-corrected chi connectivity index (χ0v) is 13.8. The Kier molecular flexibility index (Phi) is 8.06. The number of nitrogens with zero attached hydrogens (tertiary/aromatic N) is 2. The monoisotopic (exact) mass is 301 g/mol. The summed E-state index contributed by atoms with van der Waals surface area (Å²) in [6.07, 6.45) is 2.19. The van der Waals surface area contributed by atoms with E-state index in [9.17, 15) is 0 Å². The number of hydrogen-bond donors (Lipinski definition) is 1. The Hall–Kier alpha value is -0.690. The molecule has 0 bridgehead atoms. The van der Waals surface area contributed by atoms with Crippen LogP contribution in [0.25, 0.3) is 0 Å². The first-order chi connectivity index (χ1) is 9.71. The van der Waals surface area contributed by atoms with E-state index in [1.54, 1.807) is 25.6 Å². The normalized spacial score (nSPS) is 11.3. The first kappa shape index (κ1) is 17.4. The fourth-order valence-corrected chi connectivity index (χ4v) is 3.29. The highest BCUT2D eigenvalue weighted by Gasteiger charge is 2.20. The molecule has 20 heavy (non-hydrogen) atoms. The van der Waals surface area contributed by atoms with Crippen molar-refractivity contribution in [3.63, 3.8) is 0 Å². The van der Waals surface area contributed by atoms with E-state index in [1.165, 1.54) is 0 Å². The Labute approximate surface area is 126 Å². The molecule has 5 nitrogen and oxygen atoms in total. The van der Waals surface area contributed by atoms with Crippen LogP contribution in [0.1, 0.15) is 37.3 Å². The molecule has 1 heterocycles. The van der Waals surface area contributed by atoms with Crippen molar-refractivity contribution in [1.29, 1.82) is 0 Å². The fraction of sp³-hybridized carbons (Fsp3) is 0.786.